The van der Waals surface area contributed by atoms with Crippen LogP contribution in [0, 0.1) is 23.0 Å². The van der Waals surface area contributed by atoms with Crippen LogP contribution in [-0.2, 0) is 22.5 Å². The van der Waals surface area contributed by atoms with Crippen molar-refractivity contribution in [2.45, 2.75) is 22.9 Å². The van der Waals surface area contributed by atoms with Gasteiger partial charge in [-0.1, -0.05) is 60.3 Å². The molecule has 1 amide bonds. The molecule has 40 heavy (non-hydrogen) atoms. The number of thioether (sulfide) groups is 1. The van der Waals surface area contributed by atoms with E-state index in [2.05, 4.69) is 21.4 Å². The van der Waals surface area contributed by atoms with Crippen LogP contribution in [0.3, 0.4) is 0 Å². The van der Waals surface area contributed by atoms with E-state index < -0.39 is 22.7 Å². The number of fused-ring (bicyclic) bond motifs is 4. The number of hydrogen-bond donors (Lipinski definition) is 3. The standard InChI is InChI=1S/C29H20F2N6O2S/c30-18-11-9-16(10-12-18)14-37-22-8-4-2-6-19(22)29(27(37)39)20(13-32)24(33)34-25-23(29)26(38)36-28(35-25)40-15-17-5-1-3-7-21(17)31/h1-12H,14-15,33H2,(H2,34,35,36,38)/t29-/m1/s1. The average molecular weight is 555 g/mol. The predicted octanol–water partition coefficient (Wildman–Crippen LogP) is 4.29. The van der Waals surface area contributed by atoms with Gasteiger partial charge in [0.25, 0.3) is 5.56 Å². The Balaban J connectivity index is 1.49. The van der Waals surface area contributed by atoms with E-state index in [0.717, 1.165) is 11.8 Å². The molecule has 11 heteroatoms. The Morgan fingerprint density at radius 2 is 1.75 bits per heavy atom. The van der Waals surface area contributed by atoms with Crippen LogP contribution in [0.4, 0.5) is 20.3 Å². The number of amides is 1. The van der Waals surface area contributed by atoms with E-state index in [1.54, 1.807) is 54.6 Å². The van der Waals surface area contributed by atoms with Crippen LogP contribution < -0.4 is 21.5 Å². The molecule has 0 radical (unpaired) electrons. The number of anilines is 2. The van der Waals surface area contributed by atoms with Crippen molar-refractivity contribution in [2.24, 2.45) is 5.73 Å². The second-order valence-corrected chi connectivity index (χ2v) is 10.2. The Hall–Kier alpha value is -4.95. The predicted molar refractivity (Wildman–Crippen MR) is 146 cm³/mol. The zero-order chi connectivity index (χ0) is 28.0. The summed E-state index contributed by atoms with van der Waals surface area (Å²) in [6.45, 7) is 0.0706. The van der Waals surface area contributed by atoms with Gasteiger partial charge in [0.2, 0.25) is 5.91 Å². The highest BCUT2D eigenvalue weighted by molar-refractivity contribution is 7.98. The van der Waals surface area contributed by atoms with Gasteiger partial charge in [-0.15, -0.1) is 0 Å². The molecule has 6 rings (SSSR count). The molecule has 1 spiro atoms. The third-order valence-electron chi connectivity index (χ3n) is 7.02. The number of nitriles is 1. The maximum atomic E-state index is 14.4. The molecule has 4 N–H and O–H groups in total. The van der Waals surface area contributed by atoms with Gasteiger partial charge in [-0.25, -0.2) is 13.8 Å². The molecule has 0 bridgehead atoms. The van der Waals surface area contributed by atoms with E-state index in [1.807, 2.05) is 0 Å². The SMILES string of the molecule is N#CC1=C(N)Nc2nc(SCc3ccccc3F)[nH]c(=O)c2[C@]12C(=O)N(Cc1ccc(F)cc1)c1ccccc12. The van der Waals surface area contributed by atoms with Crippen LogP contribution in [-0.4, -0.2) is 15.9 Å². The number of nitrogens with zero attached hydrogens (tertiary/aromatic N) is 3. The summed E-state index contributed by atoms with van der Waals surface area (Å²) in [5.41, 5.74) is 5.60. The van der Waals surface area contributed by atoms with Crippen molar-refractivity contribution in [3.8, 4) is 6.07 Å². The normalized spacial score (nSPS) is 17.4. The van der Waals surface area contributed by atoms with Gasteiger partial charge in [0.15, 0.2) is 5.16 Å². The van der Waals surface area contributed by atoms with Gasteiger partial charge in [0, 0.05) is 17.0 Å². The number of H-pyrrole nitrogens is 1. The van der Waals surface area contributed by atoms with Gasteiger partial charge in [-0.2, -0.15) is 5.26 Å². The van der Waals surface area contributed by atoms with Crippen molar-refractivity contribution in [3.63, 3.8) is 0 Å². The molecule has 3 aromatic carbocycles. The first kappa shape index (κ1) is 25.3. The van der Waals surface area contributed by atoms with Crippen molar-refractivity contribution in [2.75, 3.05) is 10.2 Å². The number of benzene rings is 3. The first-order chi connectivity index (χ1) is 19.3. The summed E-state index contributed by atoms with van der Waals surface area (Å²) in [6.07, 6.45) is 0. The molecular formula is C29H20F2N6O2S. The molecule has 1 atom stereocenters. The molecule has 8 nitrogen and oxygen atoms in total. The van der Waals surface area contributed by atoms with E-state index in [0.29, 0.717) is 22.4 Å². The fraction of sp³-hybridized carbons (Fsp3) is 0.103. The summed E-state index contributed by atoms with van der Waals surface area (Å²) in [4.78, 5) is 36.9. The Morgan fingerprint density at radius 1 is 1.02 bits per heavy atom. The lowest BCUT2D eigenvalue weighted by Crippen LogP contribution is -2.49. The number of rotatable bonds is 5. The highest BCUT2D eigenvalue weighted by atomic mass is 32.2. The third-order valence-corrected chi connectivity index (χ3v) is 7.94. The number of para-hydroxylation sites is 1. The topological polar surface area (TPSA) is 128 Å². The summed E-state index contributed by atoms with van der Waals surface area (Å²) in [7, 11) is 0. The first-order valence-corrected chi connectivity index (χ1v) is 13.2. The Morgan fingerprint density at radius 3 is 2.50 bits per heavy atom. The molecule has 198 valence electrons. The van der Waals surface area contributed by atoms with E-state index in [9.17, 15) is 23.6 Å². The van der Waals surface area contributed by atoms with E-state index in [1.165, 1.54) is 23.1 Å². The lowest BCUT2D eigenvalue weighted by Gasteiger charge is -2.34. The molecular weight excluding hydrogens is 534 g/mol. The Bertz CT molecular complexity index is 1810. The number of carbonyl (C=O) groups is 1. The highest BCUT2D eigenvalue weighted by Crippen LogP contribution is 2.53. The monoisotopic (exact) mass is 554 g/mol. The maximum absolute atomic E-state index is 14.4. The number of carbonyl (C=O) groups excluding carboxylic acids is 1. The zero-order valence-electron chi connectivity index (χ0n) is 20.7. The molecule has 3 heterocycles. The lowest BCUT2D eigenvalue weighted by molar-refractivity contribution is -0.120. The average Bonchev–Trinajstić information content (AvgIpc) is 3.17. The number of halogens is 2. The molecule has 0 saturated carbocycles. The molecule has 0 saturated heterocycles. The fourth-order valence-corrected chi connectivity index (χ4v) is 6.09. The van der Waals surface area contributed by atoms with Crippen molar-refractivity contribution >= 4 is 29.2 Å². The van der Waals surface area contributed by atoms with Crippen molar-refractivity contribution in [1.29, 1.82) is 5.26 Å². The van der Waals surface area contributed by atoms with Crippen LogP contribution in [0.5, 0.6) is 0 Å². The summed E-state index contributed by atoms with van der Waals surface area (Å²) in [6, 6.07) is 20.9. The second kappa shape index (κ2) is 9.66. The molecule has 2 aliphatic heterocycles. The smallest absolute Gasteiger partial charge is 0.258 e. The summed E-state index contributed by atoms with van der Waals surface area (Å²) < 4.78 is 27.7. The van der Waals surface area contributed by atoms with E-state index in [4.69, 9.17) is 5.73 Å². The molecule has 0 aliphatic carbocycles. The summed E-state index contributed by atoms with van der Waals surface area (Å²) in [5, 5.41) is 13.2. The minimum Gasteiger partial charge on any atom is -0.384 e. The number of nitrogens with one attached hydrogen (secondary N) is 2. The van der Waals surface area contributed by atoms with Gasteiger partial charge in [0.1, 0.15) is 34.8 Å². The number of aromatic nitrogens is 2. The number of hydrogen-bond acceptors (Lipinski definition) is 7. The van der Waals surface area contributed by atoms with Gasteiger partial charge in [0.05, 0.1) is 17.7 Å². The molecule has 0 unspecified atom stereocenters. The molecule has 2 aliphatic rings. The fourth-order valence-electron chi connectivity index (χ4n) is 5.25. The largest absolute Gasteiger partial charge is 0.384 e. The van der Waals surface area contributed by atoms with Gasteiger partial charge in [-0.05, 0) is 35.4 Å². The summed E-state index contributed by atoms with van der Waals surface area (Å²) in [5.74, 6) is -1.23. The minimum atomic E-state index is -1.86. The second-order valence-electron chi connectivity index (χ2n) is 9.29. The Kier molecular flexibility index (Phi) is 6.12. The third kappa shape index (κ3) is 3.84. The quantitative estimate of drug-likeness (QED) is 0.248. The summed E-state index contributed by atoms with van der Waals surface area (Å²) >= 11 is 1.11. The molecule has 0 fully saturated rings. The maximum Gasteiger partial charge on any atom is 0.258 e. The van der Waals surface area contributed by atoms with Crippen LogP contribution in [0.15, 0.2) is 94.1 Å². The molecule has 1 aromatic heterocycles. The van der Waals surface area contributed by atoms with Crippen molar-refractivity contribution in [3.05, 3.63) is 128 Å². The van der Waals surface area contributed by atoms with Crippen molar-refractivity contribution < 1.29 is 13.6 Å². The molecule has 4 aromatic rings. The highest BCUT2D eigenvalue weighted by Gasteiger charge is 2.60. The zero-order valence-corrected chi connectivity index (χ0v) is 21.6. The van der Waals surface area contributed by atoms with Crippen LogP contribution in [0.1, 0.15) is 22.3 Å². The Labute approximate surface area is 231 Å². The van der Waals surface area contributed by atoms with E-state index >= 15 is 0 Å². The van der Waals surface area contributed by atoms with Crippen LogP contribution in [0.2, 0.25) is 0 Å². The number of nitrogens with two attached hydrogens (primary N) is 1. The van der Waals surface area contributed by atoms with Gasteiger partial charge in [-0.3, -0.25) is 9.59 Å². The minimum absolute atomic E-state index is 0.0306. The van der Waals surface area contributed by atoms with Gasteiger partial charge < -0.3 is 20.9 Å². The van der Waals surface area contributed by atoms with Crippen molar-refractivity contribution in [1.82, 2.24) is 9.97 Å². The number of aromatic amines is 1. The van der Waals surface area contributed by atoms with Gasteiger partial charge >= 0.3 is 0 Å². The van der Waals surface area contributed by atoms with E-state index in [-0.39, 0.29) is 46.0 Å². The first-order valence-electron chi connectivity index (χ1n) is 12.2. The van der Waals surface area contributed by atoms with Crippen LogP contribution >= 0.6 is 11.8 Å². The lowest BCUT2D eigenvalue weighted by atomic mass is 9.69. The van der Waals surface area contributed by atoms with Crippen LogP contribution in [0.25, 0.3) is 0 Å².